The van der Waals surface area contributed by atoms with Crippen LogP contribution in [0.3, 0.4) is 0 Å². The third-order valence-corrected chi connectivity index (χ3v) is 0.175. The van der Waals surface area contributed by atoms with Crippen LogP contribution in [0.15, 0.2) is 0 Å². The molecule has 7 heteroatoms. The van der Waals surface area contributed by atoms with Crippen molar-refractivity contribution in [3.05, 3.63) is 0 Å². The standard InChI is InChI=1S/C2H5NO2.Al.ClH.H2O.Zr/c3-1-2(4)5;;;;/h1,3H2,(H,4,5);;1H;1H2;/q;+3;;;+2/p-2. The number of halogens is 1. The van der Waals surface area contributed by atoms with E-state index in [-0.39, 0.29) is 68.0 Å². The summed E-state index contributed by atoms with van der Waals surface area (Å²) in [5.41, 5.74) is 4.57. The number of rotatable bonds is 1. The summed E-state index contributed by atoms with van der Waals surface area (Å²) in [5, 5.41) is 7.60. The van der Waals surface area contributed by atoms with Gasteiger partial charge >= 0.3 is 49.5 Å². The summed E-state index contributed by atoms with van der Waals surface area (Å²) in [6, 6.07) is 0. The summed E-state index contributed by atoms with van der Waals surface area (Å²) in [6.45, 7) is -0.278. The number of nitrogens with two attached hydrogens (primary N) is 1. The molecule has 0 amide bonds. The maximum Gasteiger partial charge on any atom is 3.00 e. The summed E-state index contributed by atoms with van der Waals surface area (Å²) in [6.07, 6.45) is 0. The van der Waals surface area contributed by atoms with Gasteiger partial charge in [-0.05, 0) is 0 Å². The molecule has 0 spiro atoms. The molecule has 4 N–H and O–H groups in total. The van der Waals surface area contributed by atoms with Crippen LogP contribution in [0.25, 0.3) is 0 Å². The molecule has 0 aromatic rings. The Balaban J connectivity index is -0.0000000133. The number of hydrogen-bond donors (Lipinski definition) is 2. The van der Waals surface area contributed by atoms with Crippen molar-refractivity contribution in [3.8, 4) is 0 Å². The predicted octanol–water partition coefficient (Wildman–Crippen LogP) is -4.53. The second-order valence-corrected chi connectivity index (χ2v) is 0.598. The molecule has 0 bridgehead atoms. The summed E-state index contributed by atoms with van der Waals surface area (Å²) in [7, 11) is 0. The van der Waals surface area contributed by atoms with Gasteiger partial charge in [-0.1, -0.05) is 0 Å². The second-order valence-electron chi connectivity index (χ2n) is 0.598. The van der Waals surface area contributed by atoms with Crippen LogP contribution in [-0.2, 0) is 31.0 Å². The molecule has 0 saturated carbocycles. The van der Waals surface area contributed by atoms with E-state index in [0.717, 1.165) is 0 Å². The number of hydrogen-bond acceptors (Lipinski definition) is 3. The maximum atomic E-state index is 9.24. The molecule has 0 aliphatic heterocycles. The van der Waals surface area contributed by atoms with Crippen LogP contribution >= 0.6 is 0 Å². The van der Waals surface area contributed by atoms with Gasteiger partial charge in [0, 0.05) is 0 Å². The fraction of sp³-hybridized carbons (Fsp3) is 0.500. The van der Waals surface area contributed by atoms with E-state index in [0.29, 0.717) is 0 Å². The van der Waals surface area contributed by atoms with Crippen molar-refractivity contribution in [2.75, 3.05) is 6.54 Å². The van der Waals surface area contributed by atoms with Gasteiger partial charge < -0.3 is 28.7 Å². The normalized spacial score (nSPS) is 4.11. The van der Waals surface area contributed by atoms with Gasteiger partial charge in [-0.3, -0.25) is 4.79 Å². The van der Waals surface area contributed by atoms with Crippen LogP contribution in [0.1, 0.15) is 0 Å². The van der Waals surface area contributed by atoms with Gasteiger partial charge in [-0.15, -0.1) is 0 Å². The zero-order chi connectivity index (χ0) is 4.28. The summed E-state index contributed by atoms with van der Waals surface area (Å²) < 4.78 is 0. The minimum absolute atomic E-state index is 0. The Hall–Kier alpha value is 1.10. The Kier molecular flexibility index (Phi) is 82.1. The summed E-state index contributed by atoms with van der Waals surface area (Å²) in [5.74, 6) is -0.968. The van der Waals surface area contributed by atoms with E-state index in [9.17, 15) is 4.79 Å². The summed E-state index contributed by atoms with van der Waals surface area (Å²) >= 11 is 0. The molecule has 9 heavy (non-hydrogen) atoms. The molecule has 0 atom stereocenters. The number of carbonyl (C=O) groups is 1. The molecule has 0 aliphatic rings. The fourth-order valence-corrected chi connectivity index (χ4v) is 0. The van der Waals surface area contributed by atoms with Crippen molar-refractivity contribution < 1.29 is 54.0 Å². The average Bonchev–Trinajstić information content (AvgIpc) is 1.38. The molecule has 0 fully saturated rings. The molecular weight excluding hydrogens is 240 g/mol. The Morgan fingerprint density at radius 1 is 1.56 bits per heavy atom. The first-order chi connectivity index (χ1) is 2.27. The van der Waals surface area contributed by atoms with Crippen molar-refractivity contribution in [1.82, 2.24) is 0 Å². The first-order valence-corrected chi connectivity index (χ1v) is 1.19. The minimum atomic E-state index is -0.968. The molecule has 48 valence electrons. The van der Waals surface area contributed by atoms with Gasteiger partial charge in [0.1, 0.15) is 0 Å². The number of carboxylic acid groups (broad SMARTS) is 1. The van der Waals surface area contributed by atoms with Gasteiger partial charge in [-0.2, -0.15) is 0 Å². The Bertz CT molecular complexity index is 57.1. The van der Waals surface area contributed by atoms with Crippen LogP contribution < -0.4 is 18.1 Å². The molecule has 0 aromatic heterocycles. The van der Waals surface area contributed by atoms with Crippen molar-refractivity contribution in [3.63, 3.8) is 0 Å². The Morgan fingerprint density at radius 2 is 1.67 bits per heavy atom. The van der Waals surface area contributed by atoms with Gasteiger partial charge in [0.05, 0.1) is 6.54 Å². The van der Waals surface area contributed by atoms with Crippen molar-refractivity contribution in [2.45, 2.75) is 0 Å². The molecule has 0 aromatic carbocycles. The zero-order valence-corrected chi connectivity index (χ0v) is 8.91. The second kappa shape index (κ2) is 23.0. The summed E-state index contributed by atoms with van der Waals surface area (Å²) in [4.78, 5) is 9.24. The van der Waals surface area contributed by atoms with Crippen molar-refractivity contribution in [1.29, 1.82) is 0 Å². The molecule has 0 aliphatic carbocycles. The van der Waals surface area contributed by atoms with Crippen LogP contribution in [0.4, 0.5) is 0 Å². The van der Waals surface area contributed by atoms with Gasteiger partial charge in [0.25, 0.3) is 0 Å². The molecule has 0 rings (SSSR count). The van der Waals surface area contributed by atoms with E-state index in [4.69, 9.17) is 5.11 Å². The van der Waals surface area contributed by atoms with Crippen LogP contribution in [0, 0.1) is 0 Å². The number of aliphatic carboxylic acids is 1. The number of carboxylic acids is 1. The first kappa shape index (κ1) is 32.2. The SMILES string of the molecule is NCC(=O)O.[Al+3].[Cl-].[OH-].[Zr+2]. The van der Waals surface area contributed by atoms with Crippen LogP contribution in [0.5, 0.6) is 0 Å². The van der Waals surface area contributed by atoms with E-state index in [1.54, 1.807) is 0 Å². The smallest absolute Gasteiger partial charge is 1.00 e. The van der Waals surface area contributed by atoms with Crippen LogP contribution in [0.2, 0.25) is 0 Å². The Morgan fingerprint density at radius 3 is 1.67 bits per heavy atom. The predicted molar refractivity (Wildman–Crippen MR) is 24.4 cm³/mol. The average molecular weight is 246 g/mol. The van der Waals surface area contributed by atoms with E-state index in [1.807, 2.05) is 0 Å². The van der Waals surface area contributed by atoms with Gasteiger partial charge in [0.2, 0.25) is 0 Å². The molecular formula is C2H6AlClNO3Zr+3. The van der Waals surface area contributed by atoms with Gasteiger partial charge in [-0.25, -0.2) is 0 Å². The largest absolute Gasteiger partial charge is 3.00 e. The van der Waals surface area contributed by atoms with Crippen molar-refractivity contribution >= 4 is 23.3 Å². The molecule has 4 nitrogen and oxygen atoms in total. The van der Waals surface area contributed by atoms with Crippen molar-refractivity contribution in [2.24, 2.45) is 5.73 Å². The first-order valence-electron chi connectivity index (χ1n) is 1.19. The van der Waals surface area contributed by atoms with E-state index in [2.05, 4.69) is 5.73 Å². The van der Waals surface area contributed by atoms with E-state index < -0.39 is 5.97 Å². The van der Waals surface area contributed by atoms with Crippen LogP contribution in [-0.4, -0.2) is 40.5 Å². The maximum absolute atomic E-state index is 9.24. The monoisotopic (exact) mass is 244 g/mol. The topological polar surface area (TPSA) is 93.3 Å². The quantitative estimate of drug-likeness (QED) is 0.455. The molecule has 0 heterocycles. The minimum Gasteiger partial charge on any atom is -1.00 e. The third-order valence-electron chi connectivity index (χ3n) is 0.175. The van der Waals surface area contributed by atoms with Gasteiger partial charge in [0.15, 0.2) is 0 Å². The third kappa shape index (κ3) is 47.8. The molecule has 0 unspecified atom stereocenters. The van der Waals surface area contributed by atoms with E-state index in [1.165, 1.54) is 0 Å². The fourth-order valence-electron chi connectivity index (χ4n) is 0. The molecule has 0 radical (unpaired) electrons. The van der Waals surface area contributed by atoms with E-state index >= 15 is 0 Å². The Labute approximate surface area is 89.2 Å². The zero-order valence-electron chi connectivity index (χ0n) is 4.54. The molecule has 0 saturated heterocycles.